The SMILES string of the molecule is COc1ccc(-c2cnc(CCC(=O)Nc3ccc(NC(C)=O)cc3)o2)cc1. The van der Waals surface area contributed by atoms with Crippen molar-refractivity contribution in [3.8, 4) is 17.1 Å². The number of aromatic nitrogens is 1. The Morgan fingerprint density at radius 1 is 1.00 bits per heavy atom. The lowest BCUT2D eigenvalue weighted by atomic mass is 10.2. The average molecular weight is 379 g/mol. The van der Waals surface area contributed by atoms with Gasteiger partial charge in [0.1, 0.15) is 5.75 Å². The van der Waals surface area contributed by atoms with Gasteiger partial charge in [-0.05, 0) is 48.5 Å². The van der Waals surface area contributed by atoms with Crippen LogP contribution in [0.3, 0.4) is 0 Å². The van der Waals surface area contributed by atoms with E-state index in [-0.39, 0.29) is 18.2 Å². The summed E-state index contributed by atoms with van der Waals surface area (Å²) in [6.45, 7) is 1.44. The predicted molar refractivity (Wildman–Crippen MR) is 106 cm³/mol. The maximum Gasteiger partial charge on any atom is 0.224 e. The van der Waals surface area contributed by atoms with E-state index in [1.807, 2.05) is 24.3 Å². The summed E-state index contributed by atoms with van der Waals surface area (Å²) in [6.07, 6.45) is 2.29. The molecule has 0 aliphatic carbocycles. The lowest BCUT2D eigenvalue weighted by molar-refractivity contribution is -0.116. The highest BCUT2D eigenvalue weighted by molar-refractivity contribution is 5.92. The fourth-order valence-electron chi connectivity index (χ4n) is 2.60. The van der Waals surface area contributed by atoms with E-state index in [1.165, 1.54) is 6.92 Å². The Morgan fingerprint density at radius 2 is 1.64 bits per heavy atom. The number of aryl methyl sites for hydroxylation is 1. The summed E-state index contributed by atoms with van der Waals surface area (Å²) >= 11 is 0. The smallest absolute Gasteiger partial charge is 0.224 e. The van der Waals surface area contributed by atoms with Gasteiger partial charge in [0.15, 0.2) is 11.7 Å². The molecule has 144 valence electrons. The quantitative estimate of drug-likeness (QED) is 0.650. The van der Waals surface area contributed by atoms with Crippen molar-refractivity contribution in [2.45, 2.75) is 19.8 Å². The number of nitrogens with one attached hydrogen (secondary N) is 2. The third-order valence-electron chi connectivity index (χ3n) is 3.98. The Labute approximate surface area is 162 Å². The Hall–Kier alpha value is -3.61. The molecule has 0 atom stereocenters. The second-order valence-corrected chi connectivity index (χ2v) is 6.15. The van der Waals surface area contributed by atoms with Gasteiger partial charge in [0.05, 0.1) is 13.3 Å². The molecule has 2 amide bonds. The molecule has 0 bridgehead atoms. The van der Waals surface area contributed by atoms with E-state index in [0.717, 1.165) is 11.3 Å². The monoisotopic (exact) mass is 379 g/mol. The molecule has 0 unspecified atom stereocenters. The predicted octanol–water partition coefficient (Wildman–Crippen LogP) is 3.88. The molecule has 1 aromatic heterocycles. The molecule has 7 nitrogen and oxygen atoms in total. The summed E-state index contributed by atoms with van der Waals surface area (Å²) in [5.74, 6) is 1.63. The summed E-state index contributed by atoms with van der Waals surface area (Å²) in [6, 6.07) is 14.4. The van der Waals surface area contributed by atoms with Crippen molar-refractivity contribution in [1.82, 2.24) is 4.98 Å². The van der Waals surface area contributed by atoms with Gasteiger partial charge in [-0.3, -0.25) is 9.59 Å². The number of hydrogen-bond acceptors (Lipinski definition) is 5. The summed E-state index contributed by atoms with van der Waals surface area (Å²) in [7, 11) is 1.62. The van der Waals surface area contributed by atoms with Gasteiger partial charge >= 0.3 is 0 Å². The van der Waals surface area contributed by atoms with Gasteiger partial charge in [0, 0.05) is 36.7 Å². The molecule has 0 spiro atoms. The minimum absolute atomic E-state index is 0.142. The summed E-state index contributed by atoms with van der Waals surface area (Å²) < 4.78 is 10.9. The largest absolute Gasteiger partial charge is 0.497 e. The van der Waals surface area contributed by atoms with Crippen LogP contribution in [0.5, 0.6) is 5.75 Å². The van der Waals surface area contributed by atoms with E-state index in [0.29, 0.717) is 29.4 Å². The number of hydrogen-bond donors (Lipinski definition) is 2. The maximum atomic E-state index is 12.1. The molecular weight excluding hydrogens is 358 g/mol. The third-order valence-corrected chi connectivity index (χ3v) is 3.98. The summed E-state index contributed by atoms with van der Waals surface area (Å²) in [5, 5.41) is 5.48. The number of carbonyl (C=O) groups excluding carboxylic acids is 2. The standard InChI is InChI=1S/C21H21N3O4/c1-14(25)23-16-5-7-17(8-6-16)24-20(26)11-12-21-22-13-19(28-21)15-3-9-18(27-2)10-4-15/h3-10,13H,11-12H2,1-2H3,(H,23,25)(H,24,26). The van der Waals surface area contributed by atoms with Crippen LogP contribution in [-0.4, -0.2) is 23.9 Å². The highest BCUT2D eigenvalue weighted by Crippen LogP contribution is 2.23. The molecule has 2 aromatic carbocycles. The van der Waals surface area contributed by atoms with Crippen LogP contribution in [0.2, 0.25) is 0 Å². The van der Waals surface area contributed by atoms with E-state index in [9.17, 15) is 9.59 Å². The van der Waals surface area contributed by atoms with E-state index >= 15 is 0 Å². The number of methoxy groups -OCH3 is 1. The highest BCUT2D eigenvalue weighted by atomic mass is 16.5. The Balaban J connectivity index is 1.52. The number of benzene rings is 2. The molecule has 1 heterocycles. The van der Waals surface area contributed by atoms with Crippen LogP contribution >= 0.6 is 0 Å². The average Bonchev–Trinajstić information content (AvgIpc) is 3.17. The number of oxazole rings is 1. The maximum absolute atomic E-state index is 12.1. The second kappa shape index (κ2) is 8.85. The van der Waals surface area contributed by atoms with Crippen molar-refractivity contribution < 1.29 is 18.7 Å². The van der Waals surface area contributed by atoms with Crippen molar-refractivity contribution in [2.75, 3.05) is 17.7 Å². The van der Waals surface area contributed by atoms with Crippen LogP contribution in [0.4, 0.5) is 11.4 Å². The number of rotatable bonds is 7. The number of ether oxygens (including phenoxy) is 1. The molecular formula is C21H21N3O4. The van der Waals surface area contributed by atoms with Crippen molar-refractivity contribution >= 4 is 23.2 Å². The number of amides is 2. The molecule has 3 rings (SSSR count). The van der Waals surface area contributed by atoms with Gasteiger partial charge in [0.25, 0.3) is 0 Å². The Bertz CT molecular complexity index is 947. The second-order valence-electron chi connectivity index (χ2n) is 6.15. The van der Waals surface area contributed by atoms with Gasteiger partial charge in [-0.1, -0.05) is 0 Å². The normalized spacial score (nSPS) is 10.4. The lowest BCUT2D eigenvalue weighted by Crippen LogP contribution is -2.12. The minimum Gasteiger partial charge on any atom is -0.497 e. The Morgan fingerprint density at radius 3 is 2.25 bits per heavy atom. The van der Waals surface area contributed by atoms with E-state index < -0.39 is 0 Å². The van der Waals surface area contributed by atoms with Crippen molar-refractivity contribution in [3.05, 3.63) is 60.6 Å². The molecule has 0 fully saturated rings. The fourth-order valence-corrected chi connectivity index (χ4v) is 2.60. The van der Waals surface area contributed by atoms with Crippen LogP contribution in [-0.2, 0) is 16.0 Å². The minimum atomic E-state index is -0.142. The first kappa shape index (κ1) is 19.2. The fraction of sp³-hybridized carbons (Fsp3) is 0.190. The first-order chi connectivity index (χ1) is 13.5. The van der Waals surface area contributed by atoms with Crippen LogP contribution in [0.1, 0.15) is 19.2 Å². The Kier molecular flexibility index (Phi) is 6.06. The molecule has 0 saturated heterocycles. The molecule has 2 N–H and O–H groups in total. The third kappa shape index (κ3) is 5.20. The van der Waals surface area contributed by atoms with Crippen LogP contribution in [0.15, 0.2) is 59.1 Å². The zero-order valence-electron chi connectivity index (χ0n) is 15.7. The van der Waals surface area contributed by atoms with E-state index in [2.05, 4.69) is 15.6 Å². The highest BCUT2D eigenvalue weighted by Gasteiger charge is 2.10. The topological polar surface area (TPSA) is 93.5 Å². The van der Waals surface area contributed by atoms with Crippen molar-refractivity contribution in [1.29, 1.82) is 0 Å². The van der Waals surface area contributed by atoms with Gasteiger partial charge < -0.3 is 19.8 Å². The molecule has 0 aliphatic heterocycles. The number of carbonyl (C=O) groups is 2. The van der Waals surface area contributed by atoms with Gasteiger partial charge in [-0.2, -0.15) is 0 Å². The van der Waals surface area contributed by atoms with Crippen molar-refractivity contribution in [2.24, 2.45) is 0 Å². The zero-order valence-corrected chi connectivity index (χ0v) is 15.7. The molecule has 28 heavy (non-hydrogen) atoms. The van der Waals surface area contributed by atoms with Gasteiger partial charge in [-0.25, -0.2) is 4.98 Å². The molecule has 0 aliphatic rings. The van der Waals surface area contributed by atoms with Crippen molar-refractivity contribution in [3.63, 3.8) is 0 Å². The van der Waals surface area contributed by atoms with E-state index in [1.54, 1.807) is 37.6 Å². The van der Waals surface area contributed by atoms with Gasteiger partial charge in [-0.15, -0.1) is 0 Å². The molecule has 0 saturated carbocycles. The molecule has 7 heteroatoms. The van der Waals surface area contributed by atoms with E-state index in [4.69, 9.17) is 9.15 Å². The first-order valence-corrected chi connectivity index (χ1v) is 8.80. The molecule has 0 radical (unpaired) electrons. The van der Waals surface area contributed by atoms with Crippen LogP contribution in [0.25, 0.3) is 11.3 Å². The lowest BCUT2D eigenvalue weighted by Gasteiger charge is -2.06. The van der Waals surface area contributed by atoms with Crippen LogP contribution < -0.4 is 15.4 Å². The summed E-state index contributed by atoms with van der Waals surface area (Å²) in [5.41, 5.74) is 2.23. The van der Waals surface area contributed by atoms with Gasteiger partial charge in [0.2, 0.25) is 11.8 Å². The summed E-state index contributed by atoms with van der Waals surface area (Å²) in [4.78, 5) is 27.4. The van der Waals surface area contributed by atoms with Crippen LogP contribution in [0, 0.1) is 0 Å². The first-order valence-electron chi connectivity index (χ1n) is 8.80. The zero-order chi connectivity index (χ0) is 19.9. The number of anilines is 2. The molecule has 3 aromatic rings. The number of nitrogens with zero attached hydrogens (tertiary/aromatic N) is 1.